The number of hydrogen-bond acceptors (Lipinski definition) is 6. The number of nitrogens with zero attached hydrogens (tertiary/aromatic N) is 3. The molecule has 0 aliphatic carbocycles. The van der Waals surface area contributed by atoms with Crippen LogP contribution >= 0.6 is 0 Å². The van der Waals surface area contributed by atoms with Crippen molar-refractivity contribution >= 4 is 5.91 Å². The fourth-order valence-electron chi connectivity index (χ4n) is 1.46. The summed E-state index contributed by atoms with van der Waals surface area (Å²) in [6.45, 7) is 0.0938. The van der Waals surface area contributed by atoms with E-state index in [0.717, 1.165) is 0 Å². The van der Waals surface area contributed by atoms with Crippen molar-refractivity contribution in [1.82, 2.24) is 20.0 Å². The molecule has 2 aromatic heterocycles. The van der Waals surface area contributed by atoms with Crippen molar-refractivity contribution in [1.29, 1.82) is 0 Å². The zero-order chi connectivity index (χ0) is 13.8. The summed E-state index contributed by atoms with van der Waals surface area (Å²) in [5.41, 5.74) is -0.309. The van der Waals surface area contributed by atoms with E-state index in [9.17, 15) is 9.59 Å². The summed E-state index contributed by atoms with van der Waals surface area (Å²) in [7, 11) is 2.87. The van der Waals surface area contributed by atoms with Crippen molar-refractivity contribution in [3.8, 4) is 5.75 Å². The minimum atomic E-state index is -0.475. The molecule has 2 heterocycles. The first-order valence-electron chi connectivity index (χ1n) is 5.44. The molecule has 19 heavy (non-hydrogen) atoms. The molecule has 0 atom stereocenters. The maximum atomic E-state index is 11.9. The van der Waals surface area contributed by atoms with E-state index >= 15 is 0 Å². The molecule has 8 nitrogen and oxygen atoms in total. The molecule has 0 fully saturated rings. The lowest BCUT2D eigenvalue weighted by Crippen LogP contribution is -2.22. The third-order valence-corrected chi connectivity index (χ3v) is 2.41. The van der Waals surface area contributed by atoms with Gasteiger partial charge in [-0.15, -0.1) is 0 Å². The Bertz CT molecular complexity index is 646. The summed E-state index contributed by atoms with van der Waals surface area (Å²) < 4.78 is 11.0. The average molecular weight is 264 g/mol. The van der Waals surface area contributed by atoms with E-state index < -0.39 is 5.91 Å². The van der Waals surface area contributed by atoms with Gasteiger partial charge in [0.25, 0.3) is 5.56 Å². The van der Waals surface area contributed by atoms with E-state index in [1.54, 1.807) is 18.3 Å². The standard InChI is InChI=1S/C11H12N4O4/c1-12-9(16)10-13-8(14-19-10)6-15-5-3-4-7(18-2)11(15)17/h3-5H,6H2,1-2H3,(H,12,16). The SMILES string of the molecule is CNC(=O)c1nc(Cn2cccc(OC)c2=O)no1. The molecule has 0 aliphatic rings. The highest BCUT2D eigenvalue weighted by atomic mass is 16.5. The van der Waals surface area contributed by atoms with Crippen LogP contribution in [0.2, 0.25) is 0 Å². The quantitative estimate of drug-likeness (QED) is 0.810. The first kappa shape index (κ1) is 12.8. The fourth-order valence-corrected chi connectivity index (χ4v) is 1.46. The number of rotatable bonds is 4. The summed E-state index contributed by atoms with van der Waals surface area (Å²) in [4.78, 5) is 27.0. The highest BCUT2D eigenvalue weighted by Crippen LogP contribution is 2.03. The smallest absolute Gasteiger partial charge is 0.315 e. The minimum absolute atomic E-state index is 0.0938. The number of hydrogen-bond donors (Lipinski definition) is 1. The molecular formula is C11H12N4O4. The van der Waals surface area contributed by atoms with Crippen LogP contribution in [0.5, 0.6) is 5.75 Å². The molecule has 2 aromatic rings. The number of methoxy groups -OCH3 is 1. The van der Waals surface area contributed by atoms with Crippen LogP contribution in [0.4, 0.5) is 0 Å². The summed E-state index contributed by atoms with van der Waals surface area (Å²) >= 11 is 0. The molecule has 8 heteroatoms. The van der Waals surface area contributed by atoms with E-state index in [0.29, 0.717) is 0 Å². The Morgan fingerprint density at radius 3 is 3.05 bits per heavy atom. The molecule has 100 valence electrons. The molecule has 1 amide bonds. The van der Waals surface area contributed by atoms with Gasteiger partial charge < -0.3 is 19.1 Å². The van der Waals surface area contributed by atoms with E-state index in [4.69, 9.17) is 9.26 Å². The number of amides is 1. The Morgan fingerprint density at radius 2 is 2.37 bits per heavy atom. The summed E-state index contributed by atoms with van der Waals surface area (Å²) in [6.07, 6.45) is 1.57. The van der Waals surface area contributed by atoms with E-state index in [2.05, 4.69) is 15.5 Å². The summed E-state index contributed by atoms with van der Waals surface area (Å²) in [6, 6.07) is 3.23. The Morgan fingerprint density at radius 1 is 1.58 bits per heavy atom. The van der Waals surface area contributed by atoms with E-state index in [1.165, 1.54) is 18.7 Å². The highest BCUT2D eigenvalue weighted by molar-refractivity contribution is 5.89. The molecule has 0 spiro atoms. The predicted octanol–water partition coefficient (Wildman–Crippen LogP) is -0.352. The lowest BCUT2D eigenvalue weighted by atomic mass is 10.4. The van der Waals surface area contributed by atoms with Crippen molar-refractivity contribution < 1.29 is 14.1 Å². The topological polar surface area (TPSA) is 99.2 Å². The van der Waals surface area contributed by atoms with E-state index in [-0.39, 0.29) is 29.6 Å². The average Bonchev–Trinajstić information content (AvgIpc) is 2.89. The van der Waals surface area contributed by atoms with Crippen molar-refractivity contribution in [3.05, 3.63) is 40.4 Å². The number of ether oxygens (including phenoxy) is 1. The van der Waals surface area contributed by atoms with Crippen LogP contribution in [0.3, 0.4) is 0 Å². The zero-order valence-electron chi connectivity index (χ0n) is 10.4. The lowest BCUT2D eigenvalue weighted by molar-refractivity contribution is 0.0919. The van der Waals surface area contributed by atoms with Crippen molar-refractivity contribution in [3.63, 3.8) is 0 Å². The Kier molecular flexibility index (Phi) is 3.60. The van der Waals surface area contributed by atoms with Gasteiger partial charge in [-0.1, -0.05) is 5.16 Å². The second kappa shape index (κ2) is 5.34. The van der Waals surface area contributed by atoms with Crippen LogP contribution in [0, 0.1) is 0 Å². The van der Waals surface area contributed by atoms with Gasteiger partial charge in [0.1, 0.15) is 0 Å². The summed E-state index contributed by atoms with van der Waals surface area (Å²) in [5, 5.41) is 5.99. The predicted molar refractivity (Wildman–Crippen MR) is 64.0 cm³/mol. The van der Waals surface area contributed by atoms with Crippen LogP contribution in [-0.4, -0.2) is 34.8 Å². The zero-order valence-corrected chi connectivity index (χ0v) is 10.4. The second-order valence-electron chi connectivity index (χ2n) is 3.60. The van der Waals surface area contributed by atoms with Gasteiger partial charge in [0, 0.05) is 13.2 Å². The largest absolute Gasteiger partial charge is 0.491 e. The number of aromatic nitrogens is 3. The first-order valence-corrected chi connectivity index (χ1v) is 5.44. The van der Waals surface area contributed by atoms with Gasteiger partial charge >= 0.3 is 11.8 Å². The molecule has 0 saturated carbocycles. The van der Waals surface area contributed by atoms with Gasteiger partial charge in [-0.05, 0) is 12.1 Å². The Labute approximate surface area is 108 Å². The number of pyridine rings is 1. The first-order chi connectivity index (χ1) is 9.15. The molecule has 0 radical (unpaired) electrons. The van der Waals surface area contributed by atoms with Gasteiger partial charge in [0.15, 0.2) is 11.6 Å². The number of nitrogens with one attached hydrogen (secondary N) is 1. The summed E-state index contributed by atoms with van der Waals surface area (Å²) in [5.74, 6) is -0.170. The van der Waals surface area contributed by atoms with Gasteiger partial charge in [-0.3, -0.25) is 9.59 Å². The van der Waals surface area contributed by atoms with Crippen LogP contribution in [0.15, 0.2) is 27.6 Å². The maximum absolute atomic E-state index is 11.9. The molecule has 0 aliphatic heterocycles. The fraction of sp³-hybridized carbons (Fsp3) is 0.273. The molecular weight excluding hydrogens is 252 g/mol. The van der Waals surface area contributed by atoms with Crippen LogP contribution in [0.25, 0.3) is 0 Å². The second-order valence-corrected chi connectivity index (χ2v) is 3.60. The molecule has 2 rings (SSSR count). The third-order valence-electron chi connectivity index (χ3n) is 2.41. The maximum Gasteiger partial charge on any atom is 0.315 e. The Hall–Kier alpha value is -2.64. The van der Waals surface area contributed by atoms with Gasteiger partial charge in [0.2, 0.25) is 0 Å². The Balaban J connectivity index is 2.24. The monoisotopic (exact) mass is 264 g/mol. The van der Waals surface area contributed by atoms with Gasteiger partial charge in [-0.2, -0.15) is 4.98 Å². The lowest BCUT2D eigenvalue weighted by Gasteiger charge is -2.04. The molecule has 0 bridgehead atoms. The van der Waals surface area contributed by atoms with Crippen molar-refractivity contribution in [2.45, 2.75) is 6.54 Å². The van der Waals surface area contributed by atoms with Crippen LogP contribution in [0.1, 0.15) is 16.5 Å². The van der Waals surface area contributed by atoms with Gasteiger partial charge in [-0.25, -0.2) is 0 Å². The van der Waals surface area contributed by atoms with Crippen molar-refractivity contribution in [2.75, 3.05) is 14.2 Å². The van der Waals surface area contributed by atoms with Gasteiger partial charge in [0.05, 0.1) is 13.7 Å². The van der Waals surface area contributed by atoms with Crippen LogP contribution < -0.4 is 15.6 Å². The molecule has 0 saturated heterocycles. The minimum Gasteiger partial charge on any atom is -0.491 e. The van der Waals surface area contributed by atoms with Crippen molar-refractivity contribution in [2.24, 2.45) is 0 Å². The normalized spacial score (nSPS) is 10.2. The third kappa shape index (κ3) is 2.62. The number of carbonyl (C=O) groups is 1. The van der Waals surface area contributed by atoms with Crippen LogP contribution in [-0.2, 0) is 6.54 Å². The molecule has 0 unspecified atom stereocenters. The molecule has 0 aromatic carbocycles. The highest BCUT2D eigenvalue weighted by Gasteiger charge is 2.14. The van der Waals surface area contributed by atoms with E-state index in [1.807, 2.05) is 0 Å². The number of carbonyl (C=O) groups excluding carboxylic acids is 1. The molecule has 1 N–H and O–H groups in total.